The predicted molar refractivity (Wildman–Crippen MR) is 73.0 cm³/mol. The van der Waals surface area contributed by atoms with Gasteiger partial charge in [-0.2, -0.15) is 0 Å². The molecule has 0 saturated carbocycles. The smallest absolute Gasteiger partial charge is 0.132 e. The lowest BCUT2D eigenvalue weighted by atomic mass is 10.3. The lowest BCUT2D eigenvalue weighted by Crippen LogP contribution is -2.36. The van der Waals surface area contributed by atoms with Crippen LogP contribution in [0.15, 0.2) is 12.3 Å². The maximum absolute atomic E-state index is 5.96. The van der Waals surface area contributed by atoms with Crippen LogP contribution in [0.5, 0.6) is 0 Å². The normalized spacial score (nSPS) is 18.9. The second-order valence-corrected chi connectivity index (χ2v) is 4.06. The van der Waals surface area contributed by atoms with Crippen LogP contribution in [0.2, 0.25) is 5.15 Å². The van der Waals surface area contributed by atoms with Crippen molar-refractivity contribution in [3.63, 3.8) is 0 Å². The van der Waals surface area contributed by atoms with Gasteiger partial charge in [0.25, 0.3) is 0 Å². The molecule has 1 fully saturated rings. The van der Waals surface area contributed by atoms with Crippen LogP contribution in [0.25, 0.3) is 0 Å². The van der Waals surface area contributed by atoms with Gasteiger partial charge >= 0.3 is 0 Å². The van der Waals surface area contributed by atoms with Gasteiger partial charge in [0.2, 0.25) is 0 Å². The monoisotopic (exact) mass is 283 g/mol. The minimum Gasteiger partial charge on any atom is -0.355 e. The van der Waals surface area contributed by atoms with Crippen LogP contribution < -0.4 is 10.6 Å². The van der Waals surface area contributed by atoms with Crippen LogP contribution in [-0.4, -0.2) is 17.7 Å². The highest BCUT2D eigenvalue weighted by Crippen LogP contribution is 2.25. The van der Waals surface area contributed by atoms with Gasteiger partial charge in [0, 0.05) is 6.54 Å². The Bertz CT molecular complexity index is 346. The zero-order valence-electron chi connectivity index (χ0n) is 9.02. The van der Waals surface area contributed by atoms with E-state index in [4.69, 9.17) is 17.3 Å². The van der Waals surface area contributed by atoms with Crippen molar-refractivity contribution < 1.29 is 0 Å². The standard InChI is InChI=1S/C10H14ClN3.2ClH/c1-7-5-8(6-13-10(7)11)14-4-2-3-9(14)12;;/h5-6,9H,2-4,12H2,1H3;2*1H. The second kappa shape index (κ2) is 6.50. The van der Waals surface area contributed by atoms with Gasteiger partial charge in [-0.25, -0.2) is 4.98 Å². The number of rotatable bonds is 1. The molecule has 0 amide bonds. The molecule has 2 heterocycles. The summed E-state index contributed by atoms with van der Waals surface area (Å²) in [7, 11) is 0. The quantitative estimate of drug-likeness (QED) is 0.806. The molecular weight excluding hydrogens is 268 g/mol. The average molecular weight is 285 g/mol. The van der Waals surface area contributed by atoms with Crippen LogP contribution >= 0.6 is 36.4 Å². The largest absolute Gasteiger partial charge is 0.355 e. The zero-order valence-corrected chi connectivity index (χ0v) is 11.4. The van der Waals surface area contributed by atoms with E-state index in [9.17, 15) is 0 Å². The molecule has 0 radical (unpaired) electrons. The van der Waals surface area contributed by atoms with E-state index in [1.807, 2.05) is 13.0 Å². The van der Waals surface area contributed by atoms with Gasteiger partial charge < -0.3 is 10.6 Å². The van der Waals surface area contributed by atoms with Crippen LogP contribution in [0.4, 0.5) is 5.69 Å². The van der Waals surface area contributed by atoms with Gasteiger partial charge in [0.05, 0.1) is 18.1 Å². The molecule has 0 aliphatic carbocycles. The maximum atomic E-state index is 5.96. The molecule has 1 saturated heterocycles. The number of pyridine rings is 1. The Kier molecular flexibility index (Phi) is 6.41. The van der Waals surface area contributed by atoms with Crippen molar-refractivity contribution in [1.82, 2.24) is 4.98 Å². The Morgan fingerprint density at radius 2 is 2.19 bits per heavy atom. The number of halogens is 3. The molecule has 0 aromatic carbocycles. The predicted octanol–water partition coefficient (Wildman–Crippen LogP) is 2.77. The van der Waals surface area contributed by atoms with Crippen molar-refractivity contribution in [3.05, 3.63) is 23.0 Å². The fourth-order valence-corrected chi connectivity index (χ4v) is 1.92. The molecule has 2 rings (SSSR count). The number of aryl methyl sites for hydroxylation is 1. The van der Waals surface area contributed by atoms with Crippen LogP contribution in [0.3, 0.4) is 0 Å². The lowest BCUT2D eigenvalue weighted by Gasteiger charge is -2.23. The Morgan fingerprint density at radius 1 is 1.50 bits per heavy atom. The summed E-state index contributed by atoms with van der Waals surface area (Å²) in [5, 5.41) is 0.571. The van der Waals surface area contributed by atoms with Gasteiger partial charge in [-0.15, -0.1) is 24.8 Å². The Hall–Kier alpha value is -0.220. The number of nitrogens with zero attached hydrogens (tertiary/aromatic N) is 2. The number of hydrogen-bond donors (Lipinski definition) is 1. The average Bonchev–Trinajstić information content (AvgIpc) is 2.57. The van der Waals surface area contributed by atoms with Crippen molar-refractivity contribution in [2.75, 3.05) is 11.4 Å². The molecule has 3 nitrogen and oxygen atoms in total. The molecule has 1 aliphatic heterocycles. The van der Waals surface area contributed by atoms with E-state index in [1.165, 1.54) is 0 Å². The summed E-state index contributed by atoms with van der Waals surface area (Å²) in [5.74, 6) is 0. The Morgan fingerprint density at radius 3 is 2.69 bits per heavy atom. The van der Waals surface area contributed by atoms with Gasteiger partial charge in [-0.1, -0.05) is 11.6 Å². The SMILES string of the molecule is Cc1cc(N2CCCC2N)cnc1Cl.Cl.Cl. The molecule has 1 unspecified atom stereocenters. The fourth-order valence-electron chi connectivity index (χ4n) is 1.81. The minimum atomic E-state index is 0. The molecule has 0 bridgehead atoms. The van der Waals surface area contributed by atoms with E-state index in [1.54, 1.807) is 6.20 Å². The van der Waals surface area contributed by atoms with Gasteiger partial charge in [-0.3, -0.25) is 0 Å². The first-order chi connectivity index (χ1) is 6.68. The first kappa shape index (κ1) is 15.8. The summed E-state index contributed by atoms with van der Waals surface area (Å²) in [6, 6.07) is 2.04. The molecule has 92 valence electrons. The number of hydrogen-bond acceptors (Lipinski definition) is 3. The summed E-state index contributed by atoms with van der Waals surface area (Å²) in [5.41, 5.74) is 8.05. The third-order valence-electron chi connectivity index (χ3n) is 2.63. The summed E-state index contributed by atoms with van der Waals surface area (Å²) in [4.78, 5) is 6.30. The molecule has 16 heavy (non-hydrogen) atoms. The zero-order chi connectivity index (χ0) is 10.1. The third-order valence-corrected chi connectivity index (χ3v) is 3.03. The minimum absolute atomic E-state index is 0. The van der Waals surface area contributed by atoms with E-state index < -0.39 is 0 Å². The summed E-state index contributed by atoms with van der Waals surface area (Å²) >= 11 is 5.86. The number of anilines is 1. The summed E-state index contributed by atoms with van der Waals surface area (Å²) < 4.78 is 0. The van der Waals surface area contributed by atoms with E-state index in [2.05, 4.69) is 9.88 Å². The first-order valence-corrected chi connectivity index (χ1v) is 5.20. The Balaban J connectivity index is 0.00000112. The Labute approximate surface area is 113 Å². The molecule has 2 N–H and O–H groups in total. The van der Waals surface area contributed by atoms with Crippen molar-refractivity contribution in [1.29, 1.82) is 0 Å². The van der Waals surface area contributed by atoms with E-state index in [-0.39, 0.29) is 31.0 Å². The molecule has 1 atom stereocenters. The van der Waals surface area contributed by atoms with E-state index in [0.717, 1.165) is 30.6 Å². The topological polar surface area (TPSA) is 42.1 Å². The van der Waals surface area contributed by atoms with Crippen molar-refractivity contribution in [3.8, 4) is 0 Å². The molecular formula is C10H16Cl3N3. The summed E-state index contributed by atoms with van der Waals surface area (Å²) in [6.07, 6.45) is 4.14. The van der Waals surface area contributed by atoms with Gasteiger partial charge in [-0.05, 0) is 31.4 Å². The van der Waals surface area contributed by atoms with Crippen molar-refractivity contribution >= 4 is 42.1 Å². The lowest BCUT2D eigenvalue weighted by molar-refractivity contribution is 0.700. The van der Waals surface area contributed by atoms with Crippen LogP contribution in [0.1, 0.15) is 18.4 Å². The molecule has 1 aromatic heterocycles. The highest BCUT2D eigenvalue weighted by atomic mass is 35.5. The molecule has 6 heteroatoms. The van der Waals surface area contributed by atoms with Gasteiger partial charge in [0.15, 0.2) is 0 Å². The highest BCUT2D eigenvalue weighted by molar-refractivity contribution is 6.30. The van der Waals surface area contributed by atoms with E-state index in [0.29, 0.717) is 5.15 Å². The van der Waals surface area contributed by atoms with E-state index >= 15 is 0 Å². The third kappa shape index (κ3) is 3.14. The van der Waals surface area contributed by atoms with Crippen LogP contribution in [-0.2, 0) is 0 Å². The van der Waals surface area contributed by atoms with Crippen LogP contribution in [0, 0.1) is 6.92 Å². The van der Waals surface area contributed by atoms with Crippen molar-refractivity contribution in [2.45, 2.75) is 25.9 Å². The maximum Gasteiger partial charge on any atom is 0.132 e. The highest BCUT2D eigenvalue weighted by Gasteiger charge is 2.21. The van der Waals surface area contributed by atoms with Crippen molar-refractivity contribution in [2.24, 2.45) is 5.73 Å². The first-order valence-electron chi connectivity index (χ1n) is 4.83. The second-order valence-electron chi connectivity index (χ2n) is 3.70. The van der Waals surface area contributed by atoms with Gasteiger partial charge in [0.1, 0.15) is 5.15 Å². The summed E-state index contributed by atoms with van der Waals surface area (Å²) in [6.45, 7) is 2.98. The number of nitrogens with two attached hydrogens (primary N) is 1. The fraction of sp³-hybridized carbons (Fsp3) is 0.500. The molecule has 1 aliphatic rings. The molecule has 1 aromatic rings. The number of aromatic nitrogens is 1. The molecule has 0 spiro atoms.